The van der Waals surface area contributed by atoms with Crippen molar-refractivity contribution >= 4 is 45.6 Å². The third kappa shape index (κ3) is 8.09. The number of hydrogen-bond donors (Lipinski definition) is 3. The molecule has 0 aliphatic carbocycles. The fourth-order valence-electron chi connectivity index (χ4n) is 2.94. The smallest absolute Gasteiger partial charge is 0.416 e. The summed E-state index contributed by atoms with van der Waals surface area (Å²) in [6, 6.07) is 10.5. The van der Waals surface area contributed by atoms with E-state index in [2.05, 4.69) is 37.1 Å². The Balaban J connectivity index is 1.56. The van der Waals surface area contributed by atoms with Gasteiger partial charge in [0.05, 0.1) is 36.2 Å². The fourth-order valence-corrected chi connectivity index (χ4v) is 3.51. The molecule has 1 aromatic heterocycles. The van der Waals surface area contributed by atoms with Crippen LogP contribution in [-0.2, 0) is 27.1 Å². The Morgan fingerprint density at radius 1 is 1.11 bits per heavy atom. The number of hydrazone groups is 1. The van der Waals surface area contributed by atoms with Gasteiger partial charge >= 0.3 is 18.0 Å². The highest BCUT2D eigenvalue weighted by atomic mass is 79.9. The lowest BCUT2D eigenvalue weighted by Crippen LogP contribution is -2.37. The molecule has 0 fully saturated rings. The molecule has 200 valence electrons. The van der Waals surface area contributed by atoms with Gasteiger partial charge < -0.3 is 24.5 Å². The predicted molar refractivity (Wildman–Crippen MR) is 133 cm³/mol. The molecular formula is C24H20BrF3N4O6. The molecule has 3 rings (SSSR count). The molecule has 2 aromatic carbocycles. The first-order valence-corrected chi connectivity index (χ1v) is 11.5. The number of anilines is 1. The van der Waals surface area contributed by atoms with E-state index in [0.717, 1.165) is 12.1 Å². The summed E-state index contributed by atoms with van der Waals surface area (Å²) in [4.78, 5) is 35.9. The van der Waals surface area contributed by atoms with Gasteiger partial charge in [0.25, 0.3) is 5.91 Å². The molecule has 3 N–H and O–H groups in total. The number of halogens is 4. The number of carbonyl (C=O) groups excluding carboxylic acids is 3. The van der Waals surface area contributed by atoms with E-state index < -0.39 is 36.1 Å². The second kappa shape index (κ2) is 12.8. The summed E-state index contributed by atoms with van der Waals surface area (Å²) in [5.74, 6) is -1.80. The van der Waals surface area contributed by atoms with Crippen LogP contribution in [0.1, 0.15) is 16.9 Å². The average molecular weight is 597 g/mol. The highest BCUT2D eigenvalue weighted by molar-refractivity contribution is 9.10. The Hall–Kier alpha value is -4.33. The van der Waals surface area contributed by atoms with Crippen LogP contribution in [0.2, 0.25) is 0 Å². The molecule has 0 atom stereocenters. The zero-order valence-electron chi connectivity index (χ0n) is 19.6. The van der Waals surface area contributed by atoms with Gasteiger partial charge in [0.1, 0.15) is 5.76 Å². The molecule has 0 radical (unpaired) electrons. The molecule has 3 amide bonds. The SMILES string of the molecule is COc1cc(/C=N\NC(=O)C(=O)NCc2ccco2)cc(Br)c1OCC(=O)Nc1cccc(C(F)(F)F)c1. The van der Waals surface area contributed by atoms with Crippen LogP contribution in [-0.4, -0.2) is 37.7 Å². The molecule has 0 aliphatic heterocycles. The van der Waals surface area contributed by atoms with Gasteiger partial charge in [-0.2, -0.15) is 18.3 Å². The van der Waals surface area contributed by atoms with Gasteiger partial charge in [-0.1, -0.05) is 6.07 Å². The second-order valence-corrected chi connectivity index (χ2v) is 8.27. The van der Waals surface area contributed by atoms with E-state index in [1.165, 1.54) is 43.9 Å². The third-order valence-corrected chi connectivity index (χ3v) is 5.25. The minimum absolute atomic E-state index is 0.0343. The first-order chi connectivity index (χ1) is 18.1. The molecule has 0 unspecified atom stereocenters. The Morgan fingerprint density at radius 2 is 1.89 bits per heavy atom. The lowest BCUT2D eigenvalue weighted by molar-refractivity contribution is -0.139. The lowest BCUT2D eigenvalue weighted by Gasteiger charge is -2.14. The van der Waals surface area contributed by atoms with E-state index in [0.29, 0.717) is 15.8 Å². The molecule has 38 heavy (non-hydrogen) atoms. The molecule has 14 heteroatoms. The van der Waals surface area contributed by atoms with Crippen molar-refractivity contribution < 1.29 is 41.4 Å². The second-order valence-electron chi connectivity index (χ2n) is 7.41. The highest BCUT2D eigenvalue weighted by Crippen LogP contribution is 2.36. The molecule has 1 heterocycles. The Labute approximate surface area is 222 Å². The molecular weight excluding hydrogens is 577 g/mol. The molecule has 0 aliphatic rings. The first kappa shape index (κ1) is 28.2. The van der Waals surface area contributed by atoms with E-state index in [4.69, 9.17) is 13.9 Å². The zero-order valence-corrected chi connectivity index (χ0v) is 21.2. The Kier molecular flexibility index (Phi) is 9.49. The summed E-state index contributed by atoms with van der Waals surface area (Å²) in [6.07, 6.45) is -1.87. The van der Waals surface area contributed by atoms with Crippen molar-refractivity contribution in [2.24, 2.45) is 5.10 Å². The standard InChI is InChI=1S/C24H20BrF3N4O6/c1-36-19-9-14(11-30-32-23(35)22(34)29-12-17-6-3-7-37-17)8-18(25)21(19)38-13-20(33)31-16-5-2-4-15(10-16)24(26,27)28/h2-11H,12-13H2,1H3,(H,29,34)(H,31,33)(H,32,35)/b30-11-. The van der Waals surface area contributed by atoms with E-state index >= 15 is 0 Å². The van der Waals surface area contributed by atoms with Crippen LogP contribution in [0.4, 0.5) is 18.9 Å². The average Bonchev–Trinajstić information content (AvgIpc) is 3.39. The molecule has 0 saturated heterocycles. The number of nitrogens with one attached hydrogen (secondary N) is 3. The normalized spacial score (nSPS) is 11.2. The maximum atomic E-state index is 12.9. The highest BCUT2D eigenvalue weighted by Gasteiger charge is 2.30. The van der Waals surface area contributed by atoms with Gasteiger partial charge in [0, 0.05) is 5.69 Å². The lowest BCUT2D eigenvalue weighted by atomic mass is 10.2. The van der Waals surface area contributed by atoms with Crippen LogP contribution in [0.25, 0.3) is 0 Å². The molecule has 3 aromatic rings. The van der Waals surface area contributed by atoms with E-state index in [9.17, 15) is 27.6 Å². The van der Waals surface area contributed by atoms with Crippen LogP contribution in [0, 0.1) is 0 Å². The summed E-state index contributed by atoms with van der Waals surface area (Å²) in [5.41, 5.74) is 1.58. The number of nitrogens with zero attached hydrogens (tertiary/aromatic N) is 1. The maximum absolute atomic E-state index is 12.9. The van der Waals surface area contributed by atoms with Crippen LogP contribution in [0.3, 0.4) is 0 Å². The van der Waals surface area contributed by atoms with Gasteiger partial charge in [0.2, 0.25) is 0 Å². The van der Waals surface area contributed by atoms with Crippen molar-refractivity contribution in [1.29, 1.82) is 0 Å². The number of methoxy groups -OCH3 is 1. The van der Waals surface area contributed by atoms with Crippen molar-refractivity contribution in [3.63, 3.8) is 0 Å². The van der Waals surface area contributed by atoms with Crippen LogP contribution in [0.5, 0.6) is 11.5 Å². The van der Waals surface area contributed by atoms with Crippen LogP contribution in [0.15, 0.2) is 68.8 Å². The fraction of sp³-hybridized carbons (Fsp3) is 0.167. The molecule has 0 saturated carbocycles. The molecule has 0 spiro atoms. The minimum atomic E-state index is -4.55. The van der Waals surface area contributed by atoms with Gasteiger partial charge in [-0.25, -0.2) is 5.43 Å². The van der Waals surface area contributed by atoms with Gasteiger partial charge in [-0.3, -0.25) is 14.4 Å². The number of rotatable bonds is 9. The third-order valence-electron chi connectivity index (χ3n) is 4.66. The minimum Gasteiger partial charge on any atom is -0.493 e. The molecule has 10 nitrogen and oxygen atoms in total. The number of ether oxygens (including phenoxy) is 2. The van der Waals surface area contributed by atoms with Gasteiger partial charge in [-0.15, -0.1) is 0 Å². The quantitative estimate of drug-likeness (QED) is 0.195. The van der Waals surface area contributed by atoms with Crippen molar-refractivity contribution in [3.8, 4) is 11.5 Å². The van der Waals surface area contributed by atoms with Crippen molar-refractivity contribution in [1.82, 2.24) is 10.7 Å². The Bertz CT molecular complexity index is 1330. The van der Waals surface area contributed by atoms with E-state index in [-0.39, 0.29) is 23.7 Å². The summed E-state index contributed by atoms with van der Waals surface area (Å²) < 4.78 is 54.8. The number of hydrogen-bond acceptors (Lipinski definition) is 7. The summed E-state index contributed by atoms with van der Waals surface area (Å²) in [7, 11) is 1.35. The molecule has 0 bridgehead atoms. The van der Waals surface area contributed by atoms with Crippen LogP contribution < -0.4 is 25.5 Å². The van der Waals surface area contributed by atoms with Gasteiger partial charge in [-0.05, 0) is 64.0 Å². The maximum Gasteiger partial charge on any atom is 0.416 e. The largest absolute Gasteiger partial charge is 0.493 e. The monoisotopic (exact) mass is 596 g/mol. The van der Waals surface area contributed by atoms with Crippen molar-refractivity contribution in [3.05, 3.63) is 76.2 Å². The number of amides is 3. The first-order valence-electron chi connectivity index (χ1n) is 10.7. The Morgan fingerprint density at radius 3 is 2.58 bits per heavy atom. The van der Waals surface area contributed by atoms with Gasteiger partial charge in [0.15, 0.2) is 18.1 Å². The predicted octanol–water partition coefficient (Wildman–Crippen LogP) is 3.85. The summed E-state index contributed by atoms with van der Waals surface area (Å²) in [6.45, 7) is -0.492. The summed E-state index contributed by atoms with van der Waals surface area (Å²) in [5, 5.41) is 8.44. The van der Waals surface area contributed by atoms with Crippen molar-refractivity contribution in [2.75, 3.05) is 19.0 Å². The topological polar surface area (TPSA) is 131 Å². The van der Waals surface area contributed by atoms with E-state index in [1.807, 2.05) is 0 Å². The van der Waals surface area contributed by atoms with Crippen molar-refractivity contribution in [2.45, 2.75) is 12.7 Å². The summed E-state index contributed by atoms with van der Waals surface area (Å²) >= 11 is 3.29. The number of alkyl halides is 3. The number of furan rings is 1. The number of benzene rings is 2. The van der Waals surface area contributed by atoms with Crippen LogP contribution >= 0.6 is 15.9 Å². The number of carbonyl (C=O) groups is 3. The van der Waals surface area contributed by atoms with E-state index in [1.54, 1.807) is 12.1 Å². The zero-order chi connectivity index (χ0) is 27.7.